The highest BCUT2D eigenvalue weighted by molar-refractivity contribution is 7.10. The van der Waals surface area contributed by atoms with E-state index in [4.69, 9.17) is 9.68 Å². The Bertz CT molecular complexity index is 822. The van der Waals surface area contributed by atoms with Gasteiger partial charge in [0, 0.05) is 22.5 Å². The van der Waals surface area contributed by atoms with E-state index in [0.29, 0.717) is 23.2 Å². The van der Waals surface area contributed by atoms with Crippen molar-refractivity contribution in [2.45, 2.75) is 6.54 Å². The molecule has 2 aromatic heterocycles. The smallest absolute Gasteiger partial charge is 0.408 e. The summed E-state index contributed by atoms with van der Waals surface area (Å²) in [6.45, 7) is 0.639. The normalized spacial score (nSPS) is 10.5. The zero-order chi connectivity index (χ0) is 13.2. The van der Waals surface area contributed by atoms with Crippen molar-refractivity contribution >= 4 is 28.1 Å². The Balaban J connectivity index is 1.77. The minimum absolute atomic E-state index is 0.455. The van der Waals surface area contributed by atoms with Crippen molar-refractivity contribution < 1.29 is 4.42 Å². The first kappa shape index (κ1) is 11.6. The first-order chi connectivity index (χ1) is 9.24. The van der Waals surface area contributed by atoms with Gasteiger partial charge in [0.2, 0.25) is 0 Å². The molecule has 6 heteroatoms. The quantitative estimate of drug-likeness (QED) is 0.767. The molecule has 0 atom stereocenters. The van der Waals surface area contributed by atoms with Gasteiger partial charge >= 0.3 is 5.76 Å². The first-order valence-corrected chi connectivity index (χ1v) is 6.47. The number of H-pyrrole nitrogens is 1. The Morgan fingerprint density at radius 1 is 1.42 bits per heavy atom. The fourth-order valence-electron chi connectivity index (χ4n) is 1.78. The average Bonchev–Trinajstić information content (AvgIpc) is 3.00. The molecule has 0 saturated carbocycles. The number of benzene rings is 1. The molecule has 2 N–H and O–H groups in total. The van der Waals surface area contributed by atoms with Crippen molar-refractivity contribution in [2.24, 2.45) is 0 Å². The highest BCUT2D eigenvalue weighted by Gasteiger charge is 2.03. The lowest BCUT2D eigenvalue weighted by molar-refractivity contribution is 0.555. The number of anilines is 1. The summed E-state index contributed by atoms with van der Waals surface area (Å²) in [5, 5.41) is 13.8. The lowest BCUT2D eigenvalue weighted by atomic mass is 10.3. The van der Waals surface area contributed by atoms with Crippen LogP contribution in [0.4, 0.5) is 5.69 Å². The van der Waals surface area contributed by atoms with E-state index in [-0.39, 0.29) is 0 Å². The van der Waals surface area contributed by atoms with Crippen molar-refractivity contribution in [1.29, 1.82) is 5.26 Å². The number of rotatable bonds is 3. The van der Waals surface area contributed by atoms with E-state index in [9.17, 15) is 4.79 Å². The SMILES string of the molecule is N#Cc1csc(CNc2ccc3oc(=O)[nH]c3c2)c1. The Labute approximate surface area is 112 Å². The maximum atomic E-state index is 11.0. The average molecular weight is 271 g/mol. The molecular weight excluding hydrogens is 262 g/mol. The molecule has 0 radical (unpaired) electrons. The van der Waals surface area contributed by atoms with Gasteiger partial charge in [0.25, 0.3) is 0 Å². The summed E-state index contributed by atoms with van der Waals surface area (Å²) in [5.41, 5.74) is 2.77. The third-order valence-electron chi connectivity index (χ3n) is 2.67. The van der Waals surface area contributed by atoms with Crippen LogP contribution in [0, 0.1) is 11.3 Å². The number of hydrogen-bond donors (Lipinski definition) is 2. The second kappa shape index (κ2) is 4.63. The van der Waals surface area contributed by atoms with Crippen LogP contribution in [0.5, 0.6) is 0 Å². The van der Waals surface area contributed by atoms with Gasteiger partial charge in [-0.3, -0.25) is 4.98 Å². The fraction of sp³-hybridized carbons (Fsp3) is 0.0769. The molecular formula is C13H9N3O2S. The van der Waals surface area contributed by atoms with E-state index < -0.39 is 5.76 Å². The van der Waals surface area contributed by atoms with Crippen molar-refractivity contribution in [1.82, 2.24) is 4.98 Å². The van der Waals surface area contributed by atoms with Gasteiger partial charge in [0.05, 0.1) is 11.1 Å². The molecule has 19 heavy (non-hydrogen) atoms. The molecule has 0 fully saturated rings. The van der Waals surface area contributed by atoms with Crippen molar-refractivity contribution in [2.75, 3.05) is 5.32 Å². The predicted molar refractivity (Wildman–Crippen MR) is 73.2 cm³/mol. The highest BCUT2D eigenvalue weighted by Crippen LogP contribution is 2.19. The van der Waals surface area contributed by atoms with Crippen LogP contribution in [0.15, 0.2) is 38.9 Å². The summed E-state index contributed by atoms with van der Waals surface area (Å²) in [5.74, 6) is -0.455. The van der Waals surface area contributed by atoms with Gasteiger partial charge in [-0.2, -0.15) is 5.26 Å². The molecule has 0 aliphatic carbocycles. The van der Waals surface area contributed by atoms with Gasteiger partial charge in [0.1, 0.15) is 6.07 Å². The van der Waals surface area contributed by atoms with E-state index >= 15 is 0 Å². The number of nitrogens with one attached hydrogen (secondary N) is 2. The van der Waals surface area contributed by atoms with E-state index in [2.05, 4.69) is 16.4 Å². The fourth-order valence-corrected chi connectivity index (χ4v) is 2.53. The van der Waals surface area contributed by atoms with Crippen molar-refractivity contribution in [3.8, 4) is 6.07 Å². The molecule has 5 nitrogen and oxygen atoms in total. The Hall–Kier alpha value is -2.52. The number of aromatic nitrogens is 1. The largest absolute Gasteiger partial charge is 0.417 e. The number of fused-ring (bicyclic) bond motifs is 1. The number of aromatic amines is 1. The maximum absolute atomic E-state index is 11.0. The molecule has 0 saturated heterocycles. The van der Waals surface area contributed by atoms with E-state index in [0.717, 1.165) is 10.6 Å². The summed E-state index contributed by atoms with van der Waals surface area (Å²) in [6.07, 6.45) is 0. The van der Waals surface area contributed by atoms with Crippen molar-refractivity contribution in [3.63, 3.8) is 0 Å². The summed E-state index contributed by atoms with van der Waals surface area (Å²) in [4.78, 5) is 14.7. The molecule has 94 valence electrons. The zero-order valence-electron chi connectivity index (χ0n) is 9.77. The highest BCUT2D eigenvalue weighted by atomic mass is 32.1. The van der Waals surface area contributed by atoms with Crippen LogP contribution in [0.3, 0.4) is 0 Å². The Morgan fingerprint density at radius 3 is 3.11 bits per heavy atom. The number of oxazole rings is 1. The minimum atomic E-state index is -0.455. The van der Waals surface area contributed by atoms with E-state index in [1.807, 2.05) is 23.6 Å². The summed E-state index contributed by atoms with van der Waals surface area (Å²) in [7, 11) is 0. The van der Waals surface area contributed by atoms with Crippen LogP contribution in [-0.4, -0.2) is 4.98 Å². The zero-order valence-corrected chi connectivity index (χ0v) is 10.6. The topological polar surface area (TPSA) is 81.8 Å². The van der Waals surface area contributed by atoms with Gasteiger partial charge in [-0.05, 0) is 24.3 Å². The molecule has 0 unspecified atom stereocenters. The molecule has 1 aromatic carbocycles. The predicted octanol–water partition coefficient (Wildman–Crippen LogP) is 2.67. The van der Waals surface area contributed by atoms with Crippen LogP contribution in [0.25, 0.3) is 11.1 Å². The van der Waals surface area contributed by atoms with Gasteiger partial charge in [-0.1, -0.05) is 0 Å². The Morgan fingerprint density at radius 2 is 2.32 bits per heavy atom. The number of nitrogens with zero attached hydrogens (tertiary/aromatic N) is 1. The number of thiophene rings is 1. The van der Waals surface area contributed by atoms with Gasteiger partial charge < -0.3 is 9.73 Å². The third-order valence-corrected chi connectivity index (χ3v) is 3.61. The molecule has 0 bridgehead atoms. The molecule has 2 heterocycles. The van der Waals surface area contributed by atoms with Gasteiger partial charge in [-0.15, -0.1) is 11.3 Å². The second-order valence-corrected chi connectivity index (χ2v) is 4.99. The lowest BCUT2D eigenvalue weighted by Crippen LogP contribution is -1.97. The Kier molecular flexibility index (Phi) is 2.82. The molecule has 0 amide bonds. The van der Waals surface area contributed by atoms with Crippen LogP contribution in [0.1, 0.15) is 10.4 Å². The molecule has 0 spiro atoms. The van der Waals surface area contributed by atoms with E-state index in [1.165, 1.54) is 11.3 Å². The van der Waals surface area contributed by atoms with Crippen LogP contribution < -0.4 is 11.1 Å². The number of hydrogen-bond acceptors (Lipinski definition) is 5. The summed E-state index contributed by atoms with van der Waals surface area (Å²) >= 11 is 1.54. The first-order valence-electron chi connectivity index (χ1n) is 5.59. The molecule has 0 aliphatic rings. The van der Waals surface area contributed by atoms with Crippen LogP contribution in [0.2, 0.25) is 0 Å². The van der Waals surface area contributed by atoms with Gasteiger partial charge in [-0.25, -0.2) is 4.79 Å². The van der Waals surface area contributed by atoms with Gasteiger partial charge in [0.15, 0.2) is 5.58 Å². The lowest BCUT2D eigenvalue weighted by Gasteiger charge is -2.03. The second-order valence-electron chi connectivity index (χ2n) is 3.99. The van der Waals surface area contributed by atoms with Crippen molar-refractivity contribution in [3.05, 3.63) is 50.6 Å². The monoisotopic (exact) mass is 271 g/mol. The molecule has 3 rings (SSSR count). The van der Waals surface area contributed by atoms with Crippen LogP contribution >= 0.6 is 11.3 Å². The van der Waals surface area contributed by atoms with E-state index in [1.54, 1.807) is 6.07 Å². The molecule has 0 aliphatic heterocycles. The standard InChI is InChI=1S/C13H9N3O2S/c14-5-8-3-10(19-7-8)6-15-9-1-2-12-11(4-9)16-13(17)18-12/h1-4,7,15H,6H2,(H,16,17). The summed E-state index contributed by atoms with van der Waals surface area (Å²) < 4.78 is 4.93. The number of nitriles is 1. The summed E-state index contributed by atoms with van der Waals surface area (Å²) in [6, 6.07) is 9.36. The van der Waals surface area contributed by atoms with Crippen LogP contribution in [-0.2, 0) is 6.54 Å². The maximum Gasteiger partial charge on any atom is 0.417 e. The third kappa shape index (κ3) is 2.37. The molecule has 3 aromatic rings. The minimum Gasteiger partial charge on any atom is -0.408 e.